The molecule has 0 unspecified atom stereocenters. The Hall–Kier alpha value is -2.12. The maximum absolute atomic E-state index is 2.38. The summed E-state index contributed by atoms with van der Waals surface area (Å²) >= 11 is 1.88. The first-order chi connectivity index (χ1) is 11.0. The Morgan fingerprint density at radius 2 is 1.30 bits per heavy atom. The highest BCUT2D eigenvalue weighted by Crippen LogP contribution is 2.38. The van der Waals surface area contributed by atoms with Crippen LogP contribution in [-0.2, 0) is 5.41 Å². The molecule has 0 saturated carbocycles. The average molecular weight is 316 g/mol. The van der Waals surface area contributed by atoms with Crippen LogP contribution in [0.15, 0.2) is 66.7 Å². The summed E-state index contributed by atoms with van der Waals surface area (Å²) in [6.07, 6.45) is 0. The largest absolute Gasteiger partial charge is 0.135 e. The number of benzene rings is 3. The molecule has 1 aromatic heterocycles. The third kappa shape index (κ3) is 2.55. The summed E-state index contributed by atoms with van der Waals surface area (Å²) in [7, 11) is 0. The van der Waals surface area contributed by atoms with Crippen LogP contribution in [0.25, 0.3) is 31.3 Å². The third-order valence-electron chi connectivity index (χ3n) is 4.44. The molecule has 0 fully saturated rings. The molecule has 23 heavy (non-hydrogen) atoms. The molecule has 0 aliphatic carbocycles. The van der Waals surface area contributed by atoms with Gasteiger partial charge in [0, 0.05) is 20.2 Å². The van der Waals surface area contributed by atoms with E-state index < -0.39 is 0 Å². The highest BCUT2D eigenvalue weighted by atomic mass is 32.1. The van der Waals surface area contributed by atoms with E-state index in [0.29, 0.717) is 0 Å². The molecule has 0 saturated heterocycles. The molecular weight excluding hydrogens is 296 g/mol. The first kappa shape index (κ1) is 14.5. The van der Waals surface area contributed by atoms with Crippen molar-refractivity contribution in [2.75, 3.05) is 0 Å². The lowest BCUT2D eigenvalue weighted by Crippen LogP contribution is -2.10. The van der Waals surface area contributed by atoms with Gasteiger partial charge in [0.15, 0.2) is 0 Å². The number of rotatable bonds is 1. The van der Waals surface area contributed by atoms with Crippen LogP contribution in [-0.4, -0.2) is 0 Å². The summed E-state index contributed by atoms with van der Waals surface area (Å²) in [4.78, 5) is 0. The molecule has 0 aliphatic heterocycles. The highest BCUT2D eigenvalue weighted by molar-refractivity contribution is 7.25. The van der Waals surface area contributed by atoms with E-state index in [1.54, 1.807) is 0 Å². The molecule has 0 nitrogen and oxygen atoms in total. The van der Waals surface area contributed by atoms with Gasteiger partial charge in [0.05, 0.1) is 0 Å². The molecule has 114 valence electrons. The van der Waals surface area contributed by atoms with Gasteiger partial charge in [-0.25, -0.2) is 0 Å². The smallest absolute Gasteiger partial charge is 0.0355 e. The Bertz CT molecular complexity index is 985. The van der Waals surface area contributed by atoms with Gasteiger partial charge in [-0.05, 0) is 46.4 Å². The molecule has 0 radical (unpaired) electrons. The van der Waals surface area contributed by atoms with Crippen LogP contribution in [0.5, 0.6) is 0 Å². The first-order valence-electron chi connectivity index (χ1n) is 8.04. The van der Waals surface area contributed by atoms with E-state index in [0.717, 1.165) is 0 Å². The molecule has 0 N–H and O–H groups in total. The predicted molar refractivity (Wildman–Crippen MR) is 103 cm³/mol. The standard InChI is InChI=1S/C22H20S/c1-22(2,3)17-10-12-21-19(14-17)18-13-16(9-11-20(18)23-21)15-7-5-4-6-8-15/h4-14H,1-3H3. The molecule has 4 aromatic rings. The minimum Gasteiger partial charge on any atom is -0.135 e. The second kappa shape index (κ2) is 5.21. The van der Waals surface area contributed by atoms with Crippen LogP contribution < -0.4 is 0 Å². The summed E-state index contributed by atoms with van der Waals surface area (Å²) in [5.74, 6) is 0. The van der Waals surface area contributed by atoms with Crippen LogP contribution in [0.4, 0.5) is 0 Å². The van der Waals surface area contributed by atoms with Gasteiger partial charge in [-0.1, -0.05) is 63.2 Å². The summed E-state index contributed by atoms with van der Waals surface area (Å²) in [6.45, 7) is 6.83. The Morgan fingerprint density at radius 1 is 0.652 bits per heavy atom. The molecule has 0 amide bonds. The Kier molecular flexibility index (Phi) is 3.28. The Balaban J connectivity index is 1.97. The summed E-state index contributed by atoms with van der Waals surface area (Å²) < 4.78 is 2.74. The van der Waals surface area contributed by atoms with Crippen molar-refractivity contribution in [3.8, 4) is 11.1 Å². The minimum absolute atomic E-state index is 0.180. The lowest BCUT2D eigenvalue weighted by Gasteiger charge is -2.18. The maximum atomic E-state index is 2.38. The summed E-state index contributed by atoms with van der Waals surface area (Å²) in [5, 5.41) is 2.76. The zero-order chi connectivity index (χ0) is 16.0. The lowest BCUT2D eigenvalue weighted by atomic mass is 9.86. The Labute approximate surface area is 141 Å². The lowest BCUT2D eigenvalue weighted by molar-refractivity contribution is 0.591. The van der Waals surface area contributed by atoms with Crippen molar-refractivity contribution >= 4 is 31.5 Å². The fourth-order valence-electron chi connectivity index (χ4n) is 3.05. The van der Waals surface area contributed by atoms with E-state index >= 15 is 0 Å². The number of hydrogen-bond donors (Lipinski definition) is 0. The molecule has 4 rings (SSSR count). The van der Waals surface area contributed by atoms with Crippen molar-refractivity contribution in [1.82, 2.24) is 0 Å². The van der Waals surface area contributed by atoms with Gasteiger partial charge in [-0.3, -0.25) is 0 Å². The monoisotopic (exact) mass is 316 g/mol. The third-order valence-corrected chi connectivity index (χ3v) is 5.59. The molecule has 0 aliphatic rings. The van der Waals surface area contributed by atoms with E-state index in [2.05, 4.69) is 87.5 Å². The van der Waals surface area contributed by atoms with E-state index in [-0.39, 0.29) is 5.41 Å². The zero-order valence-corrected chi connectivity index (χ0v) is 14.6. The minimum atomic E-state index is 0.180. The molecular formula is C22H20S. The van der Waals surface area contributed by atoms with Gasteiger partial charge in [-0.15, -0.1) is 11.3 Å². The normalized spacial score (nSPS) is 12.1. The fraction of sp³-hybridized carbons (Fsp3) is 0.182. The van der Waals surface area contributed by atoms with Crippen molar-refractivity contribution in [1.29, 1.82) is 0 Å². The van der Waals surface area contributed by atoms with Crippen molar-refractivity contribution in [2.45, 2.75) is 26.2 Å². The summed E-state index contributed by atoms with van der Waals surface area (Å²) in [5.41, 5.74) is 4.15. The maximum Gasteiger partial charge on any atom is 0.0355 e. The van der Waals surface area contributed by atoms with E-state index in [4.69, 9.17) is 0 Å². The van der Waals surface area contributed by atoms with Gasteiger partial charge in [0.25, 0.3) is 0 Å². The molecule has 1 heterocycles. The highest BCUT2D eigenvalue weighted by Gasteiger charge is 2.15. The van der Waals surface area contributed by atoms with E-state index in [1.807, 2.05) is 11.3 Å². The molecule has 0 atom stereocenters. The summed E-state index contributed by atoms with van der Waals surface area (Å²) in [6, 6.07) is 24.4. The molecule has 1 heteroatoms. The topological polar surface area (TPSA) is 0 Å². The van der Waals surface area contributed by atoms with Gasteiger partial charge in [0.1, 0.15) is 0 Å². The Morgan fingerprint density at radius 3 is 2.00 bits per heavy atom. The molecule has 0 bridgehead atoms. The second-order valence-corrected chi connectivity index (χ2v) is 8.22. The van der Waals surface area contributed by atoms with Gasteiger partial charge in [-0.2, -0.15) is 0 Å². The van der Waals surface area contributed by atoms with Crippen molar-refractivity contribution in [2.24, 2.45) is 0 Å². The van der Waals surface area contributed by atoms with Gasteiger partial charge < -0.3 is 0 Å². The van der Waals surface area contributed by atoms with Crippen LogP contribution in [0.1, 0.15) is 26.3 Å². The average Bonchev–Trinajstić information content (AvgIpc) is 2.92. The fourth-order valence-corrected chi connectivity index (χ4v) is 4.12. The number of hydrogen-bond acceptors (Lipinski definition) is 1. The van der Waals surface area contributed by atoms with Crippen molar-refractivity contribution < 1.29 is 0 Å². The van der Waals surface area contributed by atoms with Crippen LogP contribution in [0.2, 0.25) is 0 Å². The first-order valence-corrected chi connectivity index (χ1v) is 8.86. The zero-order valence-electron chi connectivity index (χ0n) is 13.8. The van der Waals surface area contributed by atoms with Gasteiger partial charge >= 0.3 is 0 Å². The molecule has 3 aromatic carbocycles. The number of fused-ring (bicyclic) bond motifs is 3. The SMILES string of the molecule is CC(C)(C)c1ccc2sc3ccc(-c4ccccc4)cc3c2c1. The van der Waals surface area contributed by atoms with E-state index in [9.17, 15) is 0 Å². The quantitative estimate of drug-likeness (QED) is 0.354. The van der Waals surface area contributed by atoms with Crippen LogP contribution in [0.3, 0.4) is 0 Å². The van der Waals surface area contributed by atoms with Crippen LogP contribution >= 0.6 is 11.3 Å². The van der Waals surface area contributed by atoms with Crippen molar-refractivity contribution in [3.05, 3.63) is 72.3 Å². The van der Waals surface area contributed by atoms with Crippen LogP contribution in [0, 0.1) is 0 Å². The van der Waals surface area contributed by atoms with Gasteiger partial charge in [0.2, 0.25) is 0 Å². The molecule has 0 spiro atoms. The van der Waals surface area contributed by atoms with E-state index in [1.165, 1.54) is 36.9 Å². The predicted octanol–water partition coefficient (Wildman–Crippen LogP) is 7.02. The van der Waals surface area contributed by atoms with Crippen molar-refractivity contribution in [3.63, 3.8) is 0 Å². The second-order valence-electron chi connectivity index (χ2n) is 7.14. The number of thiophene rings is 1.